The smallest absolute Gasteiger partial charge is 0.105 e. The Hall–Kier alpha value is -0.800. The minimum Gasteiger partial charge on any atom is -0.466 e. The third kappa shape index (κ3) is 2.21. The van der Waals surface area contributed by atoms with Gasteiger partial charge in [-0.25, -0.2) is 0 Å². The van der Waals surface area contributed by atoms with Crippen LogP contribution in [0.15, 0.2) is 10.5 Å². The van der Waals surface area contributed by atoms with Crippen molar-refractivity contribution in [1.82, 2.24) is 5.32 Å². The zero-order chi connectivity index (χ0) is 13.5. The lowest BCUT2D eigenvalue weighted by atomic mass is 9.64. The molecule has 1 aliphatic carbocycles. The number of hydrogen-bond donors (Lipinski definition) is 1. The molecule has 102 valence electrons. The molecule has 1 N–H and O–H groups in total. The van der Waals surface area contributed by atoms with Gasteiger partial charge >= 0.3 is 0 Å². The number of hydrogen-bond acceptors (Lipinski definition) is 3. The molecule has 0 aromatic carbocycles. The van der Waals surface area contributed by atoms with Crippen molar-refractivity contribution in [1.29, 1.82) is 0 Å². The van der Waals surface area contributed by atoms with Gasteiger partial charge in [0.05, 0.1) is 6.10 Å². The predicted molar refractivity (Wildman–Crippen MR) is 72.7 cm³/mol. The van der Waals surface area contributed by atoms with E-state index in [2.05, 4.69) is 32.2 Å². The van der Waals surface area contributed by atoms with E-state index in [4.69, 9.17) is 9.15 Å². The summed E-state index contributed by atoms with van der Waals surface area (Å²) in [6, 6.07) is 2.96. The molecule has 1 heterocycles. The highest BCUT2D eigenvalue weighted by Crippen LogP contribution is 2.43. The first-order valence-corrected chi connectivity index (χ1v) is 6.72. The van der Waals surface area contributed by atoms with Crippen LogP contribution in [0.2, 0.25) is 0 Å². The molecule has 0 radical (unpaired) electrons. The first kappa shape index (κ1) is 13.6. The Kier molecular flexibility index (Phi) is 3.56. The molecule has 1 fully saturated rings. The first-order valence-electron chi connectivity index (χ1n) is 6.72. The van der Waals surface area contributed by atoms with Crippen LogP contribution in [0.25, 0.3) is 0 Å². The Balaban J connectivity index is 2.01. The molecule has 1 aliphatic rings. The maximum Gasteiger partial charge on any atom is 0.105 e. The van der Waals surface area contributed by atoms with E-state index in [1.807, 2.05) is 13.8 Å². The minimum atomic E-state index is 0.204. The van der Waals surface area contributed by atoms with Crippen LogP contribution in [-0.4, -0.2) is 19.3 Å². The van der Waals surface area contributed by atoms with Crippen LogP contribution in [-0.2, 0) is 4.74 Å². The number of rotatable bonds is 4. The summed E-state index contributed by atoms with van der Waals surface area (Å²) in [5.74, 6) is 2.01. The van der Waals surface area contributed by atoms with Gasteiger partial charge in [-0.1, -0.05) is 13.8 Å². The van der Waals surface area contributed by atoms with Crippen molar-refractivity contribution in [3.8, 4) is 0 Å². The lowest BCUT2D eigenvalue weighted by Crippen LogP contribution is -2.60. The molecule has 0 amide bonds. The van der Waals surface area contributed by atoms with Crippen LogP contribution in [0.3, 0.4) is 0 Å². The molecule has 2 rings (SSSR count). The molecule has 18 heavy (non-hydrogen) atoms. The molecule has 0 bridgehead atoms. The number of ether oxygens (including phenoxy) is 1. The summed E-state index contributed by atoms with van der Waals surface area (Å²) in [6.45, 7) is 10.8. The Morgan fingerprint density at radius 2 is 2.11 bits per heavy atom. The zero-order valence-corrected chi connectivity index (χ0v) is 12.3. The molecule has 0 spiro atoms. The third-order valence-electron chi connectivity index (χ3n) is 4.46. The molecule has 3 atom stereocenters. The van der Waals surface area contributed by atoms with Crippen LogP contribution in [0, 0.1) is 19.3 Å². The van der Waals surface area contributed by atoms with E-state index in [1.165, 1.54) is 5.56 Å². The van der Waals surface area contributed by atoms with Gasteiger partial charge in [0.15, 0.2) is 0 Å². The Labute approximate surface area is 110 Å². The molecule has 3 heteroatoms. The predicted octanol–water partition coefficient (Wildman–Crippen LogP) is 3.36. The molecule has 3 unspecified atom stereocenters. The fourth-order valence-corrected chi connectivity index (χ4v) is 3.04. The quantitative estimate of drug-likeness (QED) is 0.891. The molecule has 1 aromatic heterocycles. The summed E-state index contributed by atoms with van der Waals surface area (Å²) < 4.78 is 11.1. The lowest BCUT2D eigenvalue weighted by Gasteiger charge is -2.52. The zero-order valence-electron chi connectivity index (χ0n) is 12.3. The topological polar surface area (TPSA) is 34.4 Å². The van der Waals surface area contributed by atoms with E-state index in [9.17, 15) is 0 Å². The first-order chi connectivity index (χ1) is 8.36. The van der Waals surface area contributed by atoms with E-state index in [-0.39, 0.29) is 5.41 Å². The number of furan rings is 1. The lowest BCUT2D eigenvalue weighted by molar-refractivity contribution is -0.0999. The summed E-state index contributed by atoms with van der Waals surface area (Å²) >= 11 is 0. The Morgan fingerprint density at radius 1 is 1.44 bits per heavy atom. The normalized spacial score (nSPS) is 27.9. The molecule has 0 saturated heterocycles. The third-order valence-corrected chi connectivity index (χ3v) is 4.46. The van der Waals surface area contributed by atoms with Gasteiger partial charge in [0.2, 0.25) is 0 Å². The van der Waals surface area contributed by atoms with Gasteiger partial charge in [-0.2, -0.15) is 0 Å². The summed E-state index contributed by atoms with van der Waals surface area (Å²) in [4.78, 5) is 0. The molecular weight excluding hydrogens is 226 g/mol. The molecule has 3 nitrogen and oxygen atoms in total. The molecule has 1 saturated carbocycles. The van der Waals surface area contributed by atoms with Gasteiger partial charge in [-0.3, -0.25) is 0 Å². The van der Waals surface area contributed by atoms with Crippen LogP contribution in [0.1, 0.15) is 50.3 Å². The van der Waals surface area contributed by atoms with E-state index in [0.717, 1.165) is 17.9 Å². The van der Waals surface area contributed by atoms with Gasteiger partial charge in [-0.15, -0.1) is 0 Å². The second-order valence-electron chi connectivity index (χ2n) is 6.09. The van der Waals surface area contributed by atoms with Crippen LogP contribution in [0.4, 0.5) is 0 Å². The van der Waals surface area contributed by atoms with Crippen molar-refractivity contribution >= 4 is 0 Å². The maximum absolute atomic E-state index is 5.60. The number of aryl methyl sites for hydroxylation is 2. The van der Waals surface area contributed by atoms with Crippen molar-refractivity contribution in [2.75, 3.05) is 7.11 Å². The fraction of sp³-hybridized carbons (Fsp3) is 0.733. The number of nitrogens with one attached hydrogen (secondary N) is 1. The van der Waals surface area contributed by atoms with Gasteiger partial charge < -0.3 is 14.5 Å². The Bertz CT molecular complexity index is 422. The maximum atomic E-state index is 5.60. The summed E-state index contributed by atoms with van der Waals surface area (Å²) in [5, 5.41) is 3.70. The van der Waals surface area contributed by atoms with Gasteiger partial charge in [0, 0.05) is 30.2 Å². The van der Waals surface area contributed by atoms with Crippen molar-refractivity contribution in [3.05, 3.63) is 23.2 Å². The van der Waals surface area contributed by atoms with Gasteiger partial charge in [-0.05, 0) is 33.3 Å². The van der Waals surface area contributed by atoms with Crippen molar-refractivity contribution in [2.45, 2.75) is 59.2 Å². The largest absolute Gasteiger partial charge is 0.466 e. The minimum absolute atomic E-state index is 0.204. The average molecular weight is 251 g/mol. The van der Waals surface area contributed by atoms with E-state index in [1.54, 1.807) is 7.11 Å². The summed E-state index contributed by atoms with van der Waals surface area (Å²) in [6.07, 6.45) is 1.46. The highest BCUT2D eigenvalue weighted by molar-refractivity contribution is 5.24. The highest BCUT2D eigenvalue weighted by Gasteiger charge is 2.48. The average Bonchev–Trinajstić information content (AvgIpc) is 2.63. The highest BCUT2D eigenvalue weighted by atomic mass is 16.5. The van der Waals surface area contributed by atoms with Crippen molar-refractivity contribution < 1.29 is 9.15 Å². The van der Waals surface area contributed by atoms with E-state index < -0.39 is 0 Å². The SMILES string of the molecule is COC1CC(NC(C)c2cc(C)oc2C)C1(C)C. The van der Waals surface area contributed by atoms with E-state index in [0.29, 0.717) is 18.2 Å². The van der Waals surface area contributed by atoms with Crippen LogP contribution < -0.4 is 5.32 Å². The summed E-state index contributed by atoms with van der Waals surface area (Å²) in [7, 11) is 1.80. The standard InChI is InChI=1S/C15H25NO2/c1-9-7-12(11(3)18-9)10(2)16-13-8-14(17-6)15(13,4)5/h7,10,13-14,16H,8H2,1-6H3. The van der Waals surface area contributed by atoms with Crippen molar-refractivity contribution in [2.24, 2.45) is 5.41 Å². The van der Waals surface area contributed by atoms with Crippen molar-refractivity contribution in [3.63, 3.8) is 0 Å². The van der Waals surface area contributed by atoms with Gasteiger partial charge in [0.1, 0.15) is 11.5 Å². The fourth-order valence-electron chi connectivity index (χ4n) is 3.04. The second kappa shape index (κ2) is 4.71. The van der Waals surface area contributed by atoms with Gasteiger partial charge in [0.25, 0.3) is 0 Å². The van der Waals surface area contributed by atoms with Crippen LogP contribution >= 0.6 is 0 Å². The van der Waals surface area contributed by atoms with E-state index >= 15 is 0 Å². The number of methoxy groups -OCH3 is 1. The summed E-state index contributed by atoms with van der Waals surface area (Å²) in [5.41, 5.74) is 1.47. The second-order valence-corrected chi connectivity index (χ2v) is 6.09. The molecule has 1 aromatic rings. The molecular formula is C15H25NO2. The van der Waals surface area contributed by atoms with Crippen LogP contribution in [0.5, 0.6) is 0 Å². The molecule has 0 aliphatic heterocycles. The Morgan fingerprint density at radius 3 is 2.56 bits per heavy atom. The monoisotopic (exact) mass is 251 g/mol.